The molecule has 1 atom stereocenters. The molecule has 1 N–H and O–H groups in total. The van der Waals surface area contributed by atoms with E-state index in [0.29, 0.717) is 19.5 Å². The zero-order chi connectivity index (χ0) is 16.4. The fourth-order valence-electron chi connectivity index (χ4n) is 2.90. The molecule has 7 heteroatoms. The molecule has 2 aliphatic heterocycles. The van der Waals surface area contributed by atoms with Gasteiger partial charge in [-0.1, -0.05) is 0 Å². The van der Waals surface area contributed by atoms with E-state index in [1.54, 1.807) is 20.8 Å². The second kappa shape index (κ2) is 6.66. The Morgan fingerprint density at radius 3 is 2.45 bits per heavy atom. The minimum absolute atomic E-state index is 0.316. The largest absolute Gasteiger partial charge is 0.444 e. The van der Waals surface area contributed by atoms with Crippen molar-refractivity contribution in [2.45, 2.75) is 38.7 Å². The maximum Gasteiger partial charge on any atom is 0.410 e. The van der Waals surface area contributed by atoms with E-state index < -0.39 is 30.1 Å². The molecular formula is C15H27F2N3O2. The van der Waals surface area contributed by atoms with Crippen molar-refractivity contribution < 1.29 is 18.3 Å². The zero-order valence-corrected chi connectivity index (χ0v) is 13.7. The van der Waals surface area contributed by atoms with Gasteiger partial charge in [0.1, 0.15) is 5.60 Å². The maximum atomic E-state index is 14.4. The van der Waals surface area contributed by atoms with Crippen molar-refractivity contribution in [2.24, 2.45) is 5.92 Å². The first kappa shape index (κ1) is 17.4. The van der Waals surface area contributed by atoms with Gasteiger partial charge in [-0.25, -0.2) is 13.6 Å². The molecular weight excluding hydrogens is 292 g/mol. The number of carbonyl (C=O) groups excluding carboxylic acids is 1. The molecule has 128 valence electrons. The van der Waals surface area contributed by atoms with Gasteiger partial charge >= 0.3 is 6.09 Å². The molecule has 2 fully saturated rings. The fraction of sp³-hybridized carbons (Fsp3) is 0.933. The van der Waals surface area contributed by atoms with Gasteiger partial charge in [0.15, 0.2) is 0 Å². The van der Waals surface area contributed by atoms with Gasteiger partial charge in [0, 0.05) is 45.2 Å². The van der Waals surface area contributed by atoms with E-state index in [1.807, 2.05) is 0 Å². The summed E-state index contributed by atoms with van der Waals surface area (Å²) in [6.45, 7) is 8.71. The van der Waals surface area contributed by atoms with Crippen LogP contribution in [0, 0.1) is 5.92 Å². The van der Waals surface area contributed by atoms with Gasteiger partial charge in [-0.3, -0.25) is 0 Å². The number of carbonyl (C=O) groups is 1. The Hall–Kier alpha value is -0.950. The number of nitrogens with zero attached hydrogens (tertiary/aromatic N) is 2. The summed E-state index contributed by atoms with van der Waals surface area (Å²) in [5.41, 5.74) is -0.663. The minimum Gasteiger partial charge on any atom is -0.444 e. The third kappa shape index (κ3) is 4.78. The second-order valence-electron chi connectivity index (χ2n) is 7.20. The first-order chi connectivity index (χ1) is 10.2. The zero-order valence-electron chi connectivity index (χ0n) is 13.7. The molecule has 0 aromatic carbocycles. The summed E-state index contributed by atoms with van der Waals surface area (Å²) in [6, 6.07) is 0. The number of rotatable bonds is 2. The highest BCUT2D eigenvalue weighted by Crippen LogP contribution is 2.34. The predicted molar refractivity (Wildman–Crippen MR) is 80.2 cm³/mol. The van der Waals surface area contributed by atoms with Crippen LogP contribution >= 0.6 is 0 Å². The molecule has 0 radical (unpaired) electrons. The molecule has 1 unspecified atom stereocenters. The molecule has 0 saturated carbocycles. The third-order valence-electron chi connectivity index (χ3n) is 4.09. The highest BCUT2D eigenvalue weighted by molar-refractivity contribution is 5.68. The number of ether oxygens (including phenoxy) is 1. The molecule has 0 aromatic rings. The van der Waals surface area contributed by atoms with Crippen molar-refractivity contribution >= 4 is 6.09 Å². The molecule has 2 rings (SSSR count). The van der Waals surface area contributed by atoms with Crippen LogP contribution in [0.15, 0.2) is 0 Å². The summed E-state index contributed by atoms with van der Waals surface area (Å²) in [5.74, 6) is -3.55. The van der Waals surface area contributed by atoms with Gasteiger partial charge in [-0.2, -0.15) is 0 Å². The first-order valence-corrected chi connectivity index (χ1v) is 7.96. The number of nitrogens with one attached hydrogen (secondary N) is 1. The monoisotopic (exact) mass is 319 g/mol. The van der Waals surface area contributed by atoms with Gasteiger partial charge in [-0.05, 0) is 27.2 Å². The number of amides is 1. The van der Waals surface area contributed by atoms with Gasteiger partial charge < -0.3 is 19.9 Å². The summed E-state index contributed by atoms with van der Waals surface area (Å²) in [5, 5.41) is 3.22. The van der Waals surface area contributed by atoms with Gasteiger partial charge in [-0.15, -0.1) is 0 Å². The van der Waals surface area contributed by atoms with E-state index >= 15 is 0 Å². The molecule has 22 heavy (non-hydrogen) atoms. The van der Waals surface area contributed by atoms with Crippen molar-refractivity contribution in [3.8, 4) is 0 Å². The van der Waals surface area contributed by atoms with Crippen molar-refractivity contribution in [1.82, 2.24) is 15.1 Å². The number of piperidine rings is 1. The van der Waals surface area contributed by atoms with E-state index in [2.05, 4.69) is 10.2 Å². The normalized spacial score (nSPS) is 26.8. The first-order valence-electron chi connectivity index (χ1n) is 7.96. The minimum atomic E-state index is -2.86. The van der Waals surface area contributed by atoms with Crippen molar-refractivity contribution in [2.75, 3.05) is 45.8 Å². The summed E-state index contributed by atoms with van der Waals surface area (Å²) in [6.07, 6.45) is -0.330. The molecule has 0 spiro atoms. The van der Waals surface area contributed by atoms with Crippen molar-refractivity contribution in [3.05, 3.63) is 0 Å². The summed E-state index contributed by atoms with van der Waals surface area (Å²) in [7, 11) is 0. The SMILES string of the molecule is CC(C)(C)OC(=O)N1CCC(CN2CCNCC2)C(F)(F)C1. The predicted octanol–water partition coefficient (Wildman–Crippen LogP) is 1.78. The van der Waals surface area contributed by atoms with Crippen LogP contribution in [0.1, 0.15) is 27.2 Å². The van der Waals surface area contributed by atoms with Gasteiger partial charge in [0.25, 0.3) is 5.92 Å². The van der Waals surface area contributed by atoms with E-state index in [0.717, 1.165) is 31.1 Å². The highest BCUT2D eigenvalue weighted by Gasteiger charge is 2.47. The quantitative estimate of drug-likeness (QED) is 0.843. The number of hydrogen-bond acceptors (Lipinski definition) is 4. The smallest absolute Gasteiger partial charge is 0.410 e. The molecule has 0 aliphatic carbocycles. The number of piperazine rings is 1. The molecule has 2 saturated heterocycles. The lowest BCUT2D eigenvalue weighted by atomic mass is 9.92. The van der Waals surface area contributed by atoms with Crippen LogP contribution in [0.25, 0.3) is 0 Å². The Kier molecular flexibility index (Phi) is 5.27. The van der Waals surface area contributed by atoms with Crippen LogP contribution in [0.2, 0.25) is 0 Å². The number of halogens is 2. The lowest BCUT2D eigenvalue weighted by molar-refractivity contribution is -0.117. The van der Waals surface area contributed by atoms with Crippen LogP contribution in [0.4, 0.5) is 13.6 Å². The van der Waals surface area contributed by atoms with E-state index in [4.69, 9.17) is 4.74 Å². The molecule has 1 amide bonds. The molecule has 2 heterocycles. The van der Waals surface area contributed by atoms with Gasteiger partial charge in [0.2, 0.25) is 0 Å². The van der Waals surface area contributed by atoms with E-state index in [-0.39, 0.29) is 0 Å². The van der Waals surface area contributed by atoms with E-state index in [9.17, 15) is 13.6 Å². The molecule has 5 nitrogen and oxygen atoms in total. The Bertz CT molecular complexity index is 393. The lowest BCUT2D eigenvalue weighted by Gasteiger charge is -2.41. The van der Waals surface area contributed by atoms with Crippen molar-refractivity contribution in [3.63, 3.8) is 0 Å². The van der Waals surface area contributed by atoms with Crippen molar-refractivity contribution in [1.29, 1.82) is 0 Å². The van der Waals surface area contributed by atoms with Crippen LogP contribution < -0.4 is 5.32 Å². The van der Waals surface area contributed by atoms with Crippen LogP contribution in [0.3, 0.4) is 0 Å². The summed E-state index contributed by atoms with van der Waals surface area (Å²) < 4.78 is 33.9. The average Bonchev–Trinajstić information content (AvgIpc) is 2.40. The molecule has 0 bridgehead atoms. The average molecular weight is 319 g/mol. The molecule has 2 aliphatic rings. The van der Waals surface area contributed by atoms with E-state index in [1.165, 1.54) is 0 Å². The Morgan fingerprint density at radius 1 is 1.27 bits per heavy atom. The van der Waals surface area contributed by atoms with Crippen LogP contribution in [0.5, 0.6) is 0 Å². The van der Waals surface area contributed by atoms with Gasteiger partial charge in [0.05, 0.1) is 6.54 Å². The summed E-state index contributed by atoms with van der Waals surface area (Å²) >= 11 is 0. The standard InChI is InChI=1S/C15H27F2N3O2/c1-14(2,3)22-13(21)20-7-4-12(15(16,17)11-20)10-19-8-5-18-6-9-19/h12,18H,4-11H2,1-3H3. The number of hydrogen-bond donors (Lipinski definition) is 1. The maximum absolute atomic E-state index is 14.4. The molecule has 0 aromatic heterocycles. The Morgan fingerprint density at radius 2 is 1.91 bits per heavy atom. The Balaban J connectivity index is 1.89. The number of likely N-dealkylation sites (tertiary alicyclic amines) is 1. The number of alkyl halides is 2. The van der Waals surface area contributed by atoms with Crippen LogP contribution in [-0.2, 0) is 4.74 Å². The Labute approximate surface area is 131 Å². The highest BCUT2D eigenvalue weighted by atomic mass is 19.3. The topological polar surface area (TPSA) is 44.8 Å². The van der Waals surface area contributed by atoms with Crippen LogP contribution in [-0.4, -0.2) is 73.2 Å². The third-order valence-corrected chi connectivity index (χ3v) is 4.09. The lowest BCUT2D eigenvalue weighted by Crippen LogP contribution is -2.55. The summed E-state index contributed by atoms with van der Waals surface area (Å²) in [4.78, 5) is 15.2. The second-order valence-corrected chi connectivity index (χ2v) is 7.20. The fourth-order valence-corrected chi connectivity index (χ4v) is 2.90.